The third-order valence-corrected chi connectivity index (χ3v) is 2.97. The van der Waals surface area contributed by atoms with Crippen molar-refractivity contribution in [2.45, 2.75) is 32.8 Å². The summed E-state index contributed by atoms with van der Waals surface area (Å²) in [5, 5.41) is 0.530. The summed E-state index contributed by atoms with van der Waals surface area (Å²) < 4.78 is 5.59. The molecule has 1 aromatic rings. The molecule has 1 heterocycles. The zero-order chi connectivity index (χ0) is 11.0. The van der Waals surface area contributed by atoms with Crippen molar-refractivity contribution in [1.29, 1.82) is 0 Å². The Kier molecular flexibility index (Phi) is 2.70. The molecule has 3 heteroatoms. The van der Waals surface area contributed by atoms with Crippen molar-refractivity contribution < 1.29 is 9.53 Å². The van der Waals surface area contributed by atoms with E-state index in [1.54, 1.807) is 6.07 Å². The summed E-state index contributed by atoms with van der Waals surface area (Å²) in [6, 6.07) is 3.63. The van der Waals surface area contributed by atoms with E-state index in [1.165, 1.54) is 0 Å². The Labute approximate surface area is 94.2 Å². The van der Waals surface area contributed by atoms with Gasteiger partial charge in [0.05, 0.1) is 10.6 Å². The van der Waals surface area contributed by atoms with Crippen LogP contribution in [0.2, 0.25) is 5.02 Å². The monoisotopic (exact) mass is 224 g/mol. The summed E-state index contributed by atoms with van der Waals surface area (Å²) >= 11 is 6.00. The first-order valence-corrected chi connectivity index (χ1v) is 5.53. The molecule has 1 aliphatic heterocycles. The Morgan fingerprint density at radius 2 is 2.20 bits per heavy atom. The van der Waals surface area contributed by atoms with Crippen LogP contribution in [0.15, 0.2) is 12.1 Å². The number of carbonyl (C=O) groups is 1. The molecule has 0 N–H and O–H groups in total. The van der Waals surface area contributed by atoms with E-state index in [-0.39, 0.29) is 11.9 Å². The van der Waals surface area contributed by atoms with E-state index in [0.29, 0.717) is 16.3 Å². The topological polar surface area (TPSA) is 26.3 Å². The van der Waals surface area contributed by atoms with Crippen molar-refractivity contribution in [2.75, 3.05) is 0 Å². The molecule has 0 fully saturated rings. The lowest BCUT2D eigenvalue weighted by Gasteiger charge is -2.07. The van der Waals surface area contributed by atoms with E-state index in [4.69, 9.17) is 16.3 Å². The zero-order valence-electron chi connectivity index (χ0n) is 8.84. The predicted molar refractivity (Wildman–Crippen MR) is 59.8 cm³/mol. The largest absolute Gasteiger partial charge is 0.480 e. The zero-order valence-corrected chi connectivity index (χ0v) is 9.60. The van der Waals surface area contributed by atoms with Crippen molar-refractivity contribution >= 4 is 17.4 Å². The Balaban J connectivity index is 2.44. The summed E-state index contributed by atoms with van der Waals surface area (Å²) in [4.78, 5) is 12.0. The number of aryl methyl sites for hydroxylation is 1. The molecule has 1 atom stereocenters. The highest BCUT2D eigenvalue weighted by atomic mass is 35.5. The summed E-state index contributed by atoms with van der Waals surface area (Å²) in [5.41, 5.74) is 1.61. The Morgan fingerprint density at radius 1 is 1.47 bits per heavy atom. The van der Waals surface area contributed by atoms with Gasteiger partial charge in [0.1, 0.15) is 5.75 Å². The lowest BCUT2D eigenvalue weighted by molar-refractivity contribution is 0.0845. The van der Waals surface area contributed by atoms with E-state index in [1.807, 2.05) is 19.9 Å². The molecular weight excluding hydrogens is 212 g/mol. The average molecular weight is 225 g/mol. The van der Waals surface area contributed by atoms with Gasteiger partial charge < -0.3 is 4.74 Å². The predicted octanol–water partition coefficient (Wildman–Crippen LogP) is 3.39. The average Bonchev–Trinajstić information content (AvgIpc) is 2.53. The Bertz CT molecular complexity index is 412. The number of benzene rings is 1. The minimum absolute atomic E-state index is 0.0758. The fourth-order valence-electron chi connectivity index (χ4n) is 1.89. The number of ketones is 1. The second-order valence-corrected chi connectivity index (χ2v) is 4.24. The third kappa shape index (κ3) is 1.63. The first-order valence-electron chi connectivity index (χ1n) is 5.15. The maximum atomic E-state index is 12.0. The van der Waals surface area contributed by atoms with Crippen molar-refractivity contribution in [2.24, 2.45) is 0 Å². The highest BCUT2D eigenvalue weighted by molar-refractivity contribution is 6.33. The molecule has 2 rings (SSSR count). The van der Waals surface area contributed by atoms with Gasteiger partial charge in [-0.2, -0.15) is 0 Å². The smallest absolute Gasteiger partial charge is 0.207 e. The summed E-state index contributed by atoms with van der Waals surface area (Å²) in [5.74, 6) is 0.645. The van der Waals surface area contributed by atoms with Crippen LogP contribution in [0.1, 0.15) is 35.7 Å². The molecule has 0 aromatic heterocycles. The van der Waals surface area contributed by atoms with Gasteiger partial charge in [0.15, 0.2) is 6.10 Å². The second kappa shape index (κ2) is 3.86. The standard InChI is InChI=1S/C12H13ClO2/c1-3-4-9-11(14)10-7(2)5-6-8(13)12(10)15-9/h5-6,9H,3-4H2,1-2H3. The van der Waals surface area contributed by atoms with Gasteiger partial charge in [0.2, 0.25) is 5.78 Å². The van der Waals surface area contributed by atoms with Gasteiger partial charge in [-0.15, -0.1) is 0 Å². The van der Waals surface area contributed by atoms with Crippen molar-refractivity contribution in [1.82, 2.24) is 0 Å². The molecule has 0 saturated heterocycles. The number of hydrogen-bond donors (Lipinski definition) is 0. The SMILES string of the molecule is CCCC1Oc2c(Cl)ccc(C)c2C1=O. The molecule has 1 aromatic carbocycles. The van der Waals surface area contributed by atoms with Crippen LogP contribution in [0.5, 0.6) is 5.75 Å². The highest BCUT2D eigenvalue weighted by Gasteiger charge is 2.34. The number of hydrogen-bond acceptors (Lipinski definition) is 2. The maximum Gasteiger partial charge on any atom is 0.207 e. The number of halogens is 1. The molecule has 1 unspecified atom stereocenters. The number of rotatable bonds is 2. The first kappa shape index (κ1) is 10.5. The summed E-state index contributed by atoms with van der Waals surface area (Å²) in [6.45, 7) is 3.94. The summed E-state index contributed by atoms with van der Waals surface area (Å²) in [6.07, 6.45) is 1.35. The van der Waals surface area contributed by atoms with Gasteiger partial charge in [-0.1, -0.05) is 31.0 Å². The molecular formula is C12H13ClO2. The van der Waals surface area contributed by atoms with Gasteiger partial charge in [-0.05, 0) is 25.0 Å². The van der Waals surface area contributed by atoms with E-state index >= 15 is 0 Å². The molecule has 0 radical (unpaired) electrons. The number of carbonyl (C=O) groups excluding carboxylic acids is 1. The van der Waals surface area contributed by atoms with Crippen LogP contribution in [0.25, 0.3) is 0 Å². The molecule has 0 saturated carbocycles. The van der Waals surface area contributed by atoms with Crippen molar-refractivity contribution in [3.05, 3.63) is 28.3 Å². The van der Waals surface area contributed by atoms with Crippen LogP contribution in [0.4, 0.5) is 0 Å². The molecule has 80 valence electrons. The minimum Gasteiger partial charge on any atom is -0.480 e. The van der Waals surface area contributed by atoms with Crippen LogP contribution in [0.3, 0.4) is 0 Å². The van der Waals surface area contributed by atoms with Crippen LogP contribution in [-0.4, -0.2) is 11.9 Å². The number of ether oxygens (including phenoxy) is 1. The van der Waals surface area contributed by atoms with Gasteiger partial charge >= 0.3 is 0 Å². The summed E-state index contributed by atoms with van der Waals surface area (Å²) in [7, 11) is 0. The lowest BCUT2D eigenvalue weighted by Crippen LogP contribution is -2.19. The molecule has 0 bridgehead atoms. The molecule has 1 aliphatic rings. The quantitative estimate of drug-likeness (QED) is 0.770. The molecule has 0 amide bonds. The van der Waals surface area contributed by atoms with Gasteiger partial charge in [-0.3, -0.25) is 4.79 Å². The Morgan fingerprint density at radius 3 is 2.80 bits per heavy atom. The molecule has 2 nitrogen and oxygen atoms in total. The van der Waals surface area contributed by atoms with E-state index in [0.717, 1.165) is 18.4 Å². The fourth-order valence-corrected chi connectivity index (χ4v) is 2.09. The van der Waals surface area contributed by atoms with Gasteiger partial charge in [0.25, 0.3) is 0 Å². The maximum absolute atomic E-state index is 12.0. The molecule has 0 spiro atoms. The van der Waals surface area contributed by atoms with E-state index in [9.17, 15) is 4.79 Å². The molecule has 0 aliphatic carbocycles. The highest BCUT2D eigenvalue weighted by Crippen LogP contribution is 2.38. The van der Waals surface area contributed by atoms with Crippen LogP contribution in [-0.2, 0) is 0 Å². The number of Topliss-reactive ketones (excluding diaryl/α,β-unsaturated/α-hetero) is 1. The van der Waals surface area contributed by atoms with Crippen LogP contribution in [0, 0.1) is 6.92 Å². The van der Waals surface area contributed by atoms with E-state index < -0.39 is 0 Å². The normalized spacial score (nSPS) is 18.9. The first-order chi connectivity index (χ1) is 7.15. The van der Waals surface area contributed by atoms with Crippen LogP contribution < -0.4 is 4.74 Å². The second-order valence-electron chi connectivity index (χ2n) is 3.83. The number of fused-ring (bicyclic) bond motifs is 1. The fraction of sp³-hybridized carbons (Fsp3) is 0.417. The van der Waals surface area contributed by atoms with Gasteiger partial charge in [0, 0.05) is 0 Å². The molecule has 15 heavy (non-hydrogen) atoms. The lowest BCUT2D eigenvalue weighted by atomic mass is 10.0. The third-order valence-electron chi connectivity index (χ3n) is 2.67. The Hall–Kier alpha value is -1.02. The minimum atomic E-state index is -0.330. The van der Waals surface area contributed by atoms with Crippen LogP contribution >= 0.6 is 11.6 Å². The van der Waals surface area contributed by atoms with E-state index in [2.05, 4.69) is 0 Å². The van der Waals surface area contributed by atoms with Gasteiger partial charge in [-0.25, -0.2) is 0 Å². The van der Waals surface area contributed by atoms with Crippen molar-refractivity contribution in [3.63, 3.8) is 0 Å². The van der Waals surface area contributed by atoms with Crippen molar-refractivity contribution in [3.8, 4) is 5.75 Å².